The maximum Gasteiger partial charge on any atom is 0.262 e. The molecule has 2 aromatic carbocycles. The normalized spacial score (nSPS) is 14.1. The first-order chi connectivity index (χ1) is 15.5. The van der Waals surface area contributed by atoms with Crippen molar-refractivity contribution in [3.8, 4) is 17.7 Å². The van der Waals surface area contributed by atoms with Crippen LogP contribution in [-0.2, 0) is 11.2 Å². The van der Waals surface area contributed by atoms with E-state index in [0.717, 1.165) is 5.56 Å². The van der Waals surface area contributed by atoms with Crippen molar-refractivity contribution in [2.24, 2.45) is 0 Å². The second-order valence-corrected chi connectivity index (χ2v) is 7.23. The Morgan fingerprint density at radius 3 is 2.69 bits per heavy atom. The van der Waals surface area contributed by atoms with Gasteiger partial charge in [0.25, 0.3) is 5.91 Å². The molecule has 0 saturated carbocycles. The first kappa shape index (κ1) is 21.0. The third-order valence-electron chi connectivity index (χ3n) is 5.07. The molecule has 0 N–H and O–H groups in total. The average molecular weight is 426 g/mol. The Bertz CT molecular complexity index is 1300. The van der Waals surface area contributed by atoms with E-state index >= 15 is 0 Å². The molecule has 0 fully saturated rings. The van der Waals surface area contributed by atoms with Crippen LogP contribution in [0.2, 0.25) is 0 Å². The van der Waals surface area contributed by atoms with Crippen molar-refractivity contribution in [2.45, 2.75) is 6.42 Å². The molecule has 0 saturated heterocycles. The fourth-order valence-corrected chi connectivity index (χ4v) is 3.40. The number of benzene rings is 2. The molecular formula is C26H19FN2O3. The number of halogens is 1. The van der Waals surface area contributed by atoms with E-state index in [1.54, 1.807) is 50.7 Å². The summed E-state index contributed by atoms with van der Waals surface area (Å²) in [7, 11) is 3.16. The summed E-state index contributed by atoms with van der Waals surface area (Å²) >= 11 is 0. The predicted molar refractivity (Wildman–Crippen MR) is 120 cm³/mol. The van der Waals surface area contributed by atoms with Gasteiger partial charge in [0.1, 0.15) is 5.82 Å². The van der Waals surface area contributed by atoms with Crippen molar-refractivity contribution in [1.82, 2.24) is 4.98 Å². The van der Waals surface area contributed by atoms with Crippen LogP contribution in [0.4, 0.5) is 10.1 Å². The van der Waals surface area contributed by atoms with Crippen LogP contribution < -0.4 is 9.64 Å². The monoisotopic (exact) mass is 426 g/mol. The van der Waals surface area contributed by atoms with Gasteiger partial charge in [0.15, 0.2) is 0 Å². The number of Topliss-reactive ketones (excluding diaryl/α,β-unsaturated/α-hetero) is 1. The van der Waals surface area contributed by atoms with Crippen LogP contribution in [-0.4, -0.2) is 30.8 Å². The van der Waals surface area contributed by atoms with E-state index in [0.29, 0.717) is 34.7 Å². The number of carbonyl (C=O) groups excluding carboxylic acids is 2. The van der Waals surface area contributed by atoms with E-state index in [-0.39, 0.29) is 5.57 Å². The summed E-state index contributed by atoms with van der Waals surface area (Å²) in [5.74, 6) is 5.39. The lowest BCUT2D eigenvalue weighted by molar-refractivity contribution is -0.114. The van der Waals surface area contributed by atoms with Gasteiger partial charge in [-0.3, -0.25) is 9.59 Å². The summed E-state index contributed by atoms with van der Waals surface area (Å²) in [6, 6.07) is 14.6. The lowest BCUT2D eigenvalue weighted by Crippen LogP contribution is -2.36. The maximum atomic E-state index is 13.5. The number of likely N-dealkylation sites (N-methyl/N-ethyl adjacent to an activating group) is 1. The largest absolute Gasteiger partial charge is 0.481 e. The second kappa shape index (κ2) is 8.86. The van der Waals surface area contributed by atoms with Gasteiger partial charge in [-0.25, -0.2) is 9.37 Å². The molecule has 0 bridgehead atoms. The average Bonchev–Trinajstić information content (AvgIpc) is 2.81. The number of hydrogen-bond acceptors (Lipinski definition) is 4. The number of nitrogens with zero attached hydrogens (tertiary/aromatic N) is 2. The predicted octanol–water partition coefficient (Wildman–Crippen LogP) is 4.07. The van der Waals surface area contributed by atoms with Crippen LogP contribution in [0.15, 0.2) is 66.4 Å². The van der Waals surface area contributed by atoms with E-state index in [9.17, 15) is 14.0 Å². The molecule has 1 aromatic heterocycles. The molecule has 3 aromatic rings. The zero-order valence-corrected chi connectivity index (χ0v) is 17.6. The summed E-state index contributed by atoms with van der Waals surface area (Å²) in [6.07, 6.45) is 3.61. The maximum absolute atomic E-state index is 13.5. The molecule has 1 amide bonds. The molecule has 6 heteroatoms. The standard InChI is InChI=1S/C26H19FN2O3/c1-29-23-11-9-17(5-3-6-18-10-12-24(32-2)28-16-18)14-21(23)25(30)22(26(29)31)15-19-7-4-8-20(27)13-19/h4,7-16H,6H2,1-2H3. The number of ether oxygens (including phenoxy) is 1. The van der Waals surface area contributed by atoms with E-state index in [2.05, 4.69) is 16.8 Å². The highest BCUT2D eigenvalue weighted by Gasteiger charge is 2.32. The van der Waals surface area contributed by atoms with Crippen molar-refractivity contribution < 1.29 is 18.7 Å². The molecule has 5 nitrogen and oxygen atoms in total. The van der Waals surface area contributed by atoms with Crippen molar-refractivity contribution in [2.75, 3.05) is 19.1 Å². The molecule has 0 spiro atoms. The van der Waals surface area contributed by atoms with Gasteiger partial charge in [0.05, 0.1) is 18.4 Å². The van der Waals surface area contributed by atoms with E-state index in [1.165, 1.54) is 29.2 Å². The van der Waals surface area contributed by atoms with Crippen LogP contribution in [0, 0.1) is 17.7 Å². The van der Waals surface area contributed by atoms with Gasteiger partial charge in [-0.15, -0.1) is 0 Å². The topological polar surface area (TPSA) is 59.5 Å². The van der Waals surface area contributed by atoms with Gasteiger partial charge >= 0.3 is 0 Å². The first-order valence-electron chi connectivity index (χ1n) is 9.88. The van der Waals surface area contributed by atoms with Crippen molar-refractivity contribution in [3.63, 3.8) is 0 Å². The number of hydrogen-bond donors (Lipinski definition) is 0. The van der Waals surface area contributed by atoms with Crippen molar-refractivity contribution in [1.29, 1.82) is 0 Å². The molecule has 1 aliphatic heterocycles. The van der Waals surface area contributed by atoms with Gasteiger partial charge < -0.3 is 9.64 Å². The minimum Gasteiger partial charge on any atom is -0.481 e. The minimum absolute atomic E-state index is 0.0139. The first-order valence-corrected chi connectivity index (χ1v) is 9.88. The van der Waals surface area contributed by atoms with Gasteiger partial charge in [-0.2, -0.15) is 0 Å². The summed E-state index contributed by atoms with van der Waals surface area (Å²) < 4.78 is 18.6. The fraction of sp³-hybridized carbons (Fsp3) is 0.115. The van der Waals surface area contributed by atoms with Crippen LogP contribution >= 0.6 is 0 Å². The van der Waals surface area contributed by atoms with Crippen molar-refractivity contribution >= 4 is 23.5 Å². The summed E-state index contributed by atoms with van der Waals surface area (Å²) in [5.41, 5.74) is 2.93. The number of fused-ring (bicyclic) bond motifs is 1. The van der Waals surface area contributed by atoms with E-state index < -0.39 is 17.5 Å². The number of anilines is 1. The Labute approximate surface area is 185 Å². The van der Waals surface area contributed by atoms with E-state index in [1.807, 2.05) is 6.07 Å². The fourth-order valence-electron chi connectivity index (χ4n) is 3.40. The Morgan fingerprint density at radius 1 is 1.12 bits per heavy atom. The van der Waals surface area contributed by atoms with Crippen LogP contribution in [0.3, 0.4) is 0 Å². The molecule has 0 radical (unpaired) electrons. The van der Waals surface area contributed by atoms with Crippen LogP contribution in [0.5, 0.6) is 5.88 Å². The van der Waals surface area contributed by atoms with Gasteiger partial charge in [0.2, 0.25) is 11.7 Å². The number of methoxy groups -OCH3 is 1. The number of ketones is 1. The molecule has 2 heterocycles. The van der Waals surface area contributed by atoms with Crippen molar-refractivity contribution in [3.05, 3.63) is 94.4 Å². The molecular weight excluding hydrogens is 407 g/mol. The van der Waals surface area contributed by atoms with Crippen LogP contribution in [0.25, 0.3) is 6.08 Å². The minimum atomic E-state index is -0.437. The van der Waals surface area contributed by atoms with Crippen LogP contribution in [0.1, 0.15) is 27.0 Å². The lowest BCUT2D eigenvalue weighted by Gasteiger charge is -2.26. The molecule has 4 rings (SSSR count). The molecule has 0 atom stereocenters. The molecule has 32 heavy (non-hydrogen) atoms. The molecule has 0 unspecified atom stereocenters. The Hall–Kier alpha value is -4.24. The van der Waals surface area contributed by atoms with E-state index in [4.69, 9.17) is 4.74 Å². The number of amides is 1. The number of aromatic nitrogens is 1. The SMILES string of the molecule is COc1ccc(CC#Cc2ccc3c(c2)C(=O)C(=Cc2cccc(F)c2)C(=O)N3C)cn1. The Morgan fingerprint density at radius 2 is 1.97 bits per heavy atom. The third kappa shape index (κ3) is 4.28. The zero-order valence-electron chi connectivity index (χ0n) is 17.6. The molecule has 1 aliphatic rings. The zero-order chi connectivity index (χ0) is 22.7. The highest BCUT2D eigenvalue weighted by molar-refractivity contribution is 6.36. The highest BCUT2D eigenvalue weighted by atomic mass is 19.1. The summed E-state index contributed by atoms with van der Waals surface area (Å²) in [6.45, 7) is 0. The number of rotatable bonds is 3. The molecule has 0 aliphatic carbocycles. The summed E-state index contributed by atoms with van der Waals surface area (Å²) in [4.78, 5) is 31.4. The second-order valence-electron chi connectivity index (χ2n) is 7.23. The number of carbonyl (C=O) groups is 2. The van der Waals surface area contributed by atoms with Gasteiger partial charge in [0, 0.05) is 36.9 Å². The third-order valence-corrected chi connectivity index (χ3v) is 5.07. The number of pyridine rings is 1. The van der Waals surface area contributed by atoms with Gasteiger partial charge in [-0.05, 0) is 47.5 Å². The van der Waals surface area contributed by atoms with Gasteiger partial charge in [-0.1, -0.05) is 30.0 Å². The Balaban J connectivity index is 1.62. The molecule has 158 valence electrons. The summed E-state index contributed by atoms with van der Waals surface area (Å²) in [5, 5.41) is 0. The lowest BCUT2D eigenvalue weighted by atomic mass is 9.92. The highest BCUT2D eigenvalue weighted by Crippen LogP contribution is 2.31. The Kier molecular flexibility index (Phi) is 5.82. The quantitative estimate of drug-likeness (QED) is 0.360. The smallest absolute Gasteiger partial charge is 0.262 e.